The number of hydrogen-bond acceptors (Lipinski definition) is 0. The van der Waals surface area contributed by atoms with E-state index in [1.54, 1.807) is 0 Å². The van der Waals surface area contributed by atoms with E-state index in [1.807, 2.05) is 0 Å². The van der Waals surface area contributed by atoms with E-state index in [4.69, 9.17) is 11.6 Å². The summed E-state index contributed by atoms with van der Waals surface area (Å²) in [6, 6.07) is 0. The number of rotatable bonds is 2. The molecular formula is C5H6ClIMg. The zero-order chi connectivity index (χ0) is 6.24. The molecule has 0 aromatic carbocycles. The second-order valence-electron chi connectivity index (χ2n) is 1.28. The van der Waals surface area contributed by atoms with Gasteiger partial charge < -0.3 is 0 Å². The highest BCUT2D eigenvalue weighted by Crippen LogP contribution is 1.88. The summed E-state index contributed by atoms with van der Waals surface area (Å²) in [5.74, 6) is 3.80. The van der Waals surface area contributed by atoms with Crippen molar-refractivity contribution < 1.29 is 0 Å². The fourth-order valence-corrected chi connectivity index (χ4v) is 1.50. The fourth-order valence-electron chi connectivity index (χ4n) is 0.291. The summed E-state index contributed by atoms with van der Waals surface area (Å²) >= 11 is 7.75. The molecule has 0 atom stereocenters. The fraction of sp³-hybridized carbons (Fsp3) is 0.600. The number of halogens is 2. The summed E-state index contributed by atoms with van der Waals surface area (Å²) in [6.07, 6.45) is 2.03. The van der Waals surface area contributed by atoms with Crippen molar-refractivity contribution in [3.63, 3.8) is 0 Å². The normalized spacial score (nSPS) is 6.75. The zero-order valence-corrected chi connectivity index (χ0v) is 8.91. The predicted octanol–water partition coefficient (Wildman–Crippen LogP) is 2.02. The number of hydrogen-bond donors (Lipinski definition) is 0. The van der Waals surface area contributed by atoms with Gasteiger partial charge in [0, 0.05) is 12.3 Å². The Morgan fingerprint density at radius 2 is 2.38 bits per heavy atom. The highest BCUT2D eigenvalue weighted by atomic mass is 127. The summed E-state index contributed by atoms with van der Waals surface area (Å²) in [4.78, 5) is 0. The Morgan fingerprint density at radius 1 is 1.62 bits per heavy atom. The highest BCUT2D eigenvalue weighted by molar-refractivity contribution is 14.1. The van der Waals surface area contributed by atoms with Crippen molar-refractivity contribution in [3.05, 3.63) is 0 Å². The molecule has 0 aromatic rings. The third kappa shape index (κ3) is 7.35. The second-order valence-corrected chi connectivity index (χ2v) is 4.57. The van der Waals surface area contributed by atoms with Crippen molar-refractivity contribution >= 4 is 46.9 Å². The van der Waals surface area contributed by atoms with Crippen LogP contribution in [0.2, 0.25) is 0 Å². The Labute approximate surface area is 74.8 Å². The van der Waals surface area contributed by atoms with Crippen LogP contribution in [0.4, 0.5) is 0 Å². The highest BCUT2D eigenvalue weighted by Gasteiger charge is 1.77. The van der Waals surface area contributed by atoms with Gasteiger partial charge in [-0.05, 0) is 6.42 Å². The van der Waals surface area contributed by atoms with Crippen LogP contribution in [0.3, 0.4) is 0 Å². The van der Waals surface area contributed by atoms with Crippen molar-refractivity contribution in [2.75, 3.05) is 5.88 Å². The lowest BCUT2D eigenvalue weighted by atomic mass is 10.4. The Balaban J connectivity index is 2.90. The molecule has 0 fully saturated rings. The van der Waals surface area contributed by atoms with Crippen molar-refractivity contribution in [1.82, 2.24) is 0 Å². The minimum atomic E-state index is -0.0482. The molecule has 0 aromatic heterocycles. The standard InChI is InChI=1S/C5H6Cl.HI.Mg/c1-2-3-4-5-6;;/h3-5H2;1H;/q;;+1/p-1. The minimum absolute atomic E-state index is 0.0482. The van der Waals surface area contributed by atoms with Gasteiger partial charge in [-0.15, -0.1) is 17.5 Å². The van der Waals surface area contributed by atoms with Crippen LogP contribution >= 0.6 is 30.5 Å². The van der Waals surface area contributed by atoms with E-state index >= 15 is 0 Å². The first-order valence-electron chi connectivity index (χ1n) is 2.49. The molecule has 0 aliphatic rings. The molecule has 0 unspecified atom stereocenters. The third-order valence-corrected chi connectivity index (χ3v) is 2.42. The van der Waals surface area contributed by atoms with Gasteiger partial charge in [0.25, 0.3) is 0 Å². The molecule has 42 valence electrons. The van der Waals surface area contributed by atoms with E-state index in [-0.39, 0.29) is 16.5 Å². The first-order valence-corrected chi connectivity index (χ1v) is 8.84. The van der Waals surface area contributed by atoms with Crippen LogP contribution in [0.1, 0.15) is 12.8 Å². The molecule has 0 radical (unpaired) electrons. The average Bonchev–Trinajstić information content (AvgIpc) is 1.81. The number of unbranched alkanes of at least 4 members (excludes halogenated alkanes) is 1. The largest absolute Gasteiger partial charge is 0.565 e. The predicted molar refractivity (Wildman–Crippen MR) is 47.5 cm³/mol. The lowest BCUT2D eigenvalue weighted by Gasteiger charge is -1.80. The SMILES string of the molecule is ClCCCC#[C][Mg][I]. The molecule has 0 N–H and O–H groups in total. The van der Waals surface area contributed by atoms with E-state index in [1.165, 1.54) is 0 Å². The van der Waals surface area contributed by atoms with Crippen LogP contribution < -0.4 is 0 Å². The summed E-state index contributed by atoms with van der Waals surface area (Å²) in [5.41, 5.74) is 0. The summed E-state index contributed by atoms with van der Waals surface area (Å²) in [7, 11) is 0. The quantitative estimate of drug-likeness (QED) is 0.232. The Bertz CT molecular complexity index is 94.3. The monoisotopic (exact) mass is 252 g/mol. The Hall–Kier alpha value is 1.35. The second kappa shape index (κ2) is 8.35. The van der Waals surface area contributed by atoms with Crippen LogP contribution in [0.25, 0.3) is 0 Å². The topological polar surface area (TPSA) is 0 Å². The molecule has 0 aliphatic carbocycles. The maximum atomic E-state index is 5.42. The first kappa shape index (κ1) is 9.35. The van der Waals surface area contributed by atoms with Crippen LogP contribution in [0.15, 0.2) is 0 Å². The molecule has 3 heteroatoms. The van der Waals surface area contributed by atoms with Gasteiger partial charge in [0.15, 0.2) is 0 Å². The minimum Gasteiger partial charge on any atom is -0.271 e. The maximum absolute atomic E-state index is 5.42. The van der Waals surface area contributed by atoms with Crippen molar-refractivity contribution in [3.8, 4) is 9.97 Å². The lowest BCUT2D eigenvalue weighted by molar-refractivity contribution is 0.992. The van der Waals surface area contributed by atoms with Crippen LogP contribution in [-0.4, -0.2) is 22.4 Å². The van der Waals surface area contributed by atoms with E-state index in [0.29, 0.717) is 0 Å². The summed E-state index contributed by atoms with van der Waals surface area (Å²) in [6.45, 7) is 0. The van der Waals surface area contributed by atoms with Crippen molar-refractivity contribution in [2.45, 2.75) is 12.8 Å². The number of alkyl halides is 1. The molecule has 0 amide bonds. The first-order chi connectivity index (χ1) is 3.91. The van der Waals surface area contributed by atoms with Gasteiger partial charge in [-0.1, -0.05) is 0 Å². The molecule has 0 saturated carbocycles. The van der Waals surface area contributed by atoms with Crippen molar-refractivity contribution in [1.29, 1.82) is 0 Å². The molecule has 0 aliphatic heterocycles. The smallest absolute Gasteiger partial charge is 0.271 e. The van der Waals surface area contributed by atoms with Gasteiger partial charge in [-0.25, -0.2) is 0 Å². The lowest BCUT2D eigenvalue weighted by Crippen LogP contribution is -1.72. The molecule has 0 rings (SSSR count). The summed E-state index contributed by atoms with van der Waals surface area (Å²) < 4.78 is 3.10. The average molecular weight is 253 g/mol. The molecule has 0 heterocycles. The van der Waals surface area contributed by atoms with Gasteiger partial charge in [0.2, 0.25) is 0 Å². The van der Waals surface area contributed by atoms with Gasteiger partial charge >= 0.3 is 16.5 Å². The van der Waals surface area contributed by atoms with E-state index < -0.39 is 0 Å². The summed E-state index contributed by atoms with van der Waals surface area (Å²) in [5, 5.41) is 0. The van der Waals surface area contributed by atoms with Gasteiger partial charge in [-0.3, -0.25) is 22.9 Å². The van der Waals surface area contributed by atoms with E-state index in [2.05, 4.69) is 28.8 Å². The third-order valence-electron chi connectivity index (χ3n) is 0.627. The van der Waals surface area contributed by atoms with Crippen LogP contribution in [0, 0.1) is 9.97 Å². The molecule has 0 bridgehead atoms. The van der Waals surface area contributed by atoms with Crippen LogP contribution in [-0.2, 0) is 0 Å². The maximum Gasteiger partial charge on any atom is 0.565 e. The molecular weight excluding hydrogens is 247 g/mol. The molecule has 0 spiro atoms. The Kier molecular flexibility index (Phi) is 9.75. The zero-order valence-electron chi connectivity index (χ0n) is 4.58. The molecule has 0 nitrogen and oxygen atoms in total. The van der Waals surface area contributed by atoms with Gasteiger partial charge in [-0.2, -0.15) is 0 Å². The molecule has 8 heavy (non-hydrogen) atoms. The van der Waals surface area contributed by atoms with Crippen LogP contribution in [0.5, 0.6) is 0 Å². The Morgan fingerprint density at radius 3 is 2.88 bits per heavy atom. The van der Waals surface area contributed by atoms with Gasteiger partial charge in [0.1, 0.15) is 0 Å². The van der Waals surface area contributed by atoms with E-state index in [0.717, 1.165) is 18.7 Å². The van der Waals surface area contributed by atoms with Gasteiger partial charge in [0.05, 0.1) is 0 Å². The van der Waals surface area contributed by atoms with Crippen molar-refractivity contribution in [2.24, 2.45) is 0 Å². The molecule has 0 saturated heterocycles. The van der Waals surface area contributed by atoms with E-state index in [9.17, 15) is 0 Å².